The van der Waals surface area contributed by atoms with Crippen molar-refractivity contribution < 1.29 is 0 Å². The lowest BCUT2D eigenvalue weighted by molar-refractivity contribution is 0.162. The highest BCUT2D eigenvalue weighted by Crippen LogP contribution is 2.23. The number of nitrogen functional groups attached to an aromatic ring is 1. The van der Waals surface area contributed by atoms with Gasteiger partial charge in [-0.3, -0.25) is 10.0 Å². The lowest BCUT2D eigenvalue weighted by atomic mass is 10.0. The normalized spacial score (nSPS) is 15.0. The van der Waals surface area contributed by atoms with Gasteiger partial charge in [0.1, 0.15) is 0 Å². The van der Waals surface area contributed by atoms with Gasteiger partial charge in [-0.25, -0.2) is 5.10 Å². The van der Waals surface area contributed by atoms with Crippen molar-refractivity contribution in [1.82, 2.24) is 20.1 Å². The first-order chi connectivity index (χ1) is 15.1. The Bertz CT molecular complexity index is 953. The van der Waals surface area contributed by atoms with E-state index in [1.807, 2.05) is 0 Å². The first-order valence-corrected chi connectivity index (χ1v) is 12.1. The number of piperidine rings is 1. The Kier molecular flexibility index (Phi) is 7.49. The van der Waals surface area contributed by atoms with Crippen LogP contribution < -0.4 is 15.8 Å². The summed E-state index contributed by atoms with van der Waals surface area (Å²) in [6, 6.07) is 17.7. The van der Waals surface area contributed by atoms with Crippen LogP contribution in [0.25, 0.3) is 0 Å². The second kappa shape index (κ2) is 10.5. The molecule has 1 aromatic heterocycles. The number of hydrogen-bond acceptors (Lipinski definition) is 7. The summed E-state index contributed by atoms with van der Waals surface area (Å²) in [6.07, 6.45) is 3.18. The smallest absolute Gasteiger partial charge is 0.246 e. The van der Waals surface area contributed by atoms with E-state index in [1.165, 1.54) is 23.1 Å². The molecule has 0 bridgehead atoms. The van der Waals surface area contributed by atoms with E-state index in [1.54, 1.807) is 0 Å². The van der Waals surface area contributed by atoms with Gasteiger partial charge in [0, 0.05) is 41.6 Å². The van der Waals surface area contributed by atoms with E-state index in [9.17, 15) is 0 Å². The van der Waals surface area contributed by atoms with Crippen LogP contribution in [0.15, 0.2) is 57.9 Å². The molecule has 0 atom stereocenters. The molecule has 0 spiro atoms. The highest BCUT2D eigenvalue weighted by atomic mass is 79.9. The third-order valence-corrected chi connectivity index (χ3v) is 6.87. The molecule has 1 fully saturated rings. The number of hydrogen-bond donors (Lipinski definition) is 3. The number of nitrogens with two attached hydrogens (primary N) is 2. The zero-order valence-corrected chi connectivity index (χ0v) is 19.8. The van der Waals surface area contributed by atoms with Gasteiger partial charge in [-0.2, -0.15) is 4.98 Å². The van der Waals surface area contributed by atoms with Gasteiger partial charge in [-0.15, -0.1) is 5.10 Å². The van der Waals surface area contributed by atoms with Crippen LogP contribution in [0.4, 0.5) is 11.9 Å². The maximum atomic E-state index is 5.70. The Morgan fingerprint density at radius 3 is 2.35 bits per heavy atom. The molecule has 1 aliphatic heterocycles. The van der Waals surface area contributed by atoms with Crippen molar-refractivity contribution in [2.24, 2.45) is 5.14 Å². The van der Waals surface area contributed by atoms with Crippen molar-refractivity contribution in [2.75, 3.05) is 30.3 Å². The van der Waals surface area contributed by atoms with Crippen LogP contribution in [0.1, 0.15) is 24.0 Å². The summed E-state index contributed by atoms with van der Waals surface area (Å²) in [6.45, 7) is 3.82. The van der Waals surface area contributed by atoms with E-state index in [-0.39, 0.29) is 0 Å². The van der Waals surface area contributed by atoms with Crippen molar-refractivity contribution in [2.45, 2.75) is 36.7 Å². The van der Waals surface area contributed by atoms with Crippen molar-refractivity contribution in [3.05, 3.63) is 64.1 Å². The minimum absolute atomic E-state index is 0.368. The van der Waals surface area contributed by atoms with E-state index < -0.39 is 0 Å². The second-order valence-electron chi connectivity index (χ2n) is 7.85. The Morgan fingerprint density at radius 1 is 1.06 bits per heavy atom. The summed E-state index contributed by atoms with van der Waals surface area (Å²) >= 11 is 4.81. The summed E-state index contributed by atoms with van der Waals surface area (Å²) in [5.41, 5.74) is 8.37. The number of aromatic nitrogens is 3. The largest absolute Gasteiger partial charge is 0.368 e. The van der Waals surface area contributed by atoms with E-state index in [4.69, 9.17) is 10.9 Å². The Balaban J connectivity index is 1.42. The molecular formula is C22H28BrN7S. The molecule has 4 rings (SSSR count). The highest BCUT2D eigenvalue weighted by Gasteiger charge is 2.26. The molecule has 7 nitrogen and oxygen atoms in total. The van der Waals surface area contributed by atoms with Crippen LogP contribution in [0, 0.1) is 0 Å². The standard InChI is InChI=1S/C22H28BrN7S/c23-18-5-1-16(2-6-18)9-12-30(15-17-3-7-20(31-25)8-4-17)19-10-13-29(14-11-19)22-26-21(24)27-28-22/h1-8,19H,9-15,25H2,(H3,24,26,27,28). The number of anilines is 2. The average Bonchev–Trinajstić information content (AvgIpc) is 3.24. The van der Waals surface area contributed by atoms with Crippen LogP contribution in [-0.2, 0) is 13.0 Å². The maximum absolute atomic E-state index is 5.70. The number of H-pyrrole nitrogens is 1. The van der Waals surface area contributed by atoms with Crippen molar-refractivity contribution in [1.29, 1.82) is 0 Å². The minimum atomic E-state index is 0.368. The lowest BCUT2D eigenvalue weighted by Gasteiger charge is -2.38. The molecule has 2 heterocycles. The first kappa shape index (κ1) is 22.1. The van der Waals surface area contributed by atoms with Gasteiger partial charge in [0.25, 0.3) is 0 Å². The molecule has 0 radical (unpaired) electrons. The Hall–Kier alpha value is -2.07. The molecule has 1 aliphatic rings. The van der Waals surface area contributed by atoms with Crippen LogP contribution >= 0.6 is 27.9 Å². The number of benzene rings is 2. The number of aromatic amines is 1. The van der Waals surface area contributed by atoms with Gasteiger partial charge in [0.15, 0.2) is 0 Å². The predicted octanol–water partition coefficient (Wildman–Crippen LogP) is 3.83. The second-order valence-corrected chi connectivity index (χ2v) is 9.47. The SMILES string of the molecule is NSc1ccc(CN(CCc2ccc(Br)cc2)C2CCN(c3n[nH]c(N)n3)CC2)cc1. The minimum Gasteiger partial charge on any atom is -0.368 e. The zero-order chi connectivity index (χ0) is 21.6. The van der Waals surface area contributed by atoms with E-state index in [2.05, 4.69) is 89.4 Å². The quantitative estimate of drug-likeness (QED) is 0.403. The van der Waals surface area contributed by atoms with Gasteiger partial charge in [0.2, 0.25) is 11.9 Å². The van der Waals surface area contributed by atoms with Crippen molar-refractivity contribution in [3.63, 3.8) is 0 Å². The number of halogens is 1. The van der Waals surface area contributed by atoms with Gasteiger partial charge in [0.05, 0.1) is 0 Å². The van der Waals surface area contributed by atoms with Crippen LogP contribution in [-0.4, -0.2) is 45.8 Å². The molecule has 1 saturated heterocycles. The lowest BCUT2D eigenvalue weighted by Crippen LogP contribution is -2.45. The Morgan fingerprint density at radius 2 is 1.74 bits per heavy atom. The molecular weight excluding hydrogens is 474 g/mol. The van der Waals surface area contributed by atoms with Crippen molar-refractivity contribution >= 4 is 39.8 Å². The molecule has 31 heavy (non-hydrogen) atoms. The molecule has 0 unspecified atom stereocenters. The third kappa shape index (κ3) is 6.00. The van der Waals surface area contributed by atoms with Gasteiger partial charge in [-0.1, -0.05) is 40.2 Å². The summed E-state index contributed by atoms with van der Waals surface area (Å²) in [5.74, 6) is 1.07. The molecule has 3 aromatic rings. The fraction of sp³-hybridized carbons (Fsp3) is 0.364. The molecule has 164 valence electrons. The Labute approximate surface area is 195 Å². The molecule has 2 aromatic carbocycles. The third-order valence-electron chi connectivity index (χ3n) is 5.80. The number of nitrogens with zero attached hydrogens (tertiary/aromatic N) is 4. The average molecular weight is 502 g/mol. The summed E-state index contributed by atoms with van der Waals surface area (Å²) in [5, 5.41) is 12.6. The van der Waals surface area contributed by atoms with Crippen LogP contribution in [0.2, 0.25) is 0 Å². The molecule has 9 heteroatoms. The molecule has 5 N–H and O–H groups in total. The molecule has 0 saturated carbocycles. The van der Waals surface area contributed by atoms with Gasteiger partial charge < -0.3 is 10.6 Å². The van der Waals surface area contributed by atoms with Crippen molar-refractivity contribution in [3.8, 4) is 0 Å². The fourth-order valence-electron chi connectivity index (χ4n) is 4.06. The van der Waals surface area contributed by atoms with Gasteiger partial charge >= 0.3 is 0 Å². The molecule has 0 aliphatic carbocycles. The van der Waals surface area contributed by atoms with Crippen LogP contribution in [0.5, 0.6) is 0 Å². The van der Waals surface area contributed by atoms with E-state index in [0.717, 1.165) is 54.8 Å². The first-order valence-electron chi connectivity index (χ1n) is 10.5. The monoisotopic (exact) mass is 501 g/mol. The number of nitrogens with one attached hydrogen (secondary N) is 1. The summed E-state index contributed by atoms with van der Waals surface area (Å²) in [7, 11) is 0. The number of rotatable bonds is 8. The molecule has 0 amide bonds. The summed E-state index contributed by atoms with van der Waals surface area (Å²) in [4.78, 5) is 10.2. The summed E-state index contributed by atoms with van der Waals surface area (Å²) < 4.78 is 1.12. The highest BCUT2D eigenvalue weighted by molar-refractivity contribution is 9.10. The topological polar surface area (TPSA) is 100 Å². The van der Waals surface area contributed by atoms with Gasteiger partial charge in [-0.05, 0) is 66.6 Å². The zero-order valence-electron chi connectivity index (χ0n) is 17.4. The maximum Gasteiger partial charge on any atom is 0.246 e. The predicted molar refractivity (Wildman–Crippen MR) is 131 cm³/mol. The van der Waals surface area contributed by atoms with E-state index in [0.29, 0.717) is 17.9 Å². The van der Waals surface area contributed by atoms with Crippen LogP contribution in [0.3, 0.4) is 0 Å². The van der Waals surface area contributed by atoms with E-state index >= 15 is 0 Å². The fourth-order valence-corrected chi connectivity index (χ4v) is 4.62.